The first-order chi connectivity index (χ1) is 18.1. The Labute approximate surface area is 218 Å². The smallest absolute Gasteiger partial charge is 0.269 e. The van der Waals surface area contributed by atoms with Gasteiger partial charge in [0.15, 0.2) is 0 Å². The highest BCUT2D eigenvalue weighted by molar-refractivity contribution is 6.04. The van der Waals surface area contributed by atoms with E-state index in [1.165, 1.54) is 49.9 Å². The number of nitrogens with zero attached hydrogens (tertiary/aromatic N) is 5. The van der Waals surface area contributed by atoms with Gasteiger partial charge in [0.1, 0.15) is 11.5 Å². The molecule has 0 bridgehead atoms. The molecular formula is C28H24FN7O2. The van der Waals surface area contributed by atoms with Crippen LogP contribution in [0.3, 0.4) is 0 Å². The Kier molecular flexibility index (Phi) is 7.21. The summed E-state index contributed by atoms with van der Waals surface area (Å²) in [7, 11) is 1.52. The molecule has 1 aromatic carbocycles. The van der Waals surface area contributed by atoms with Gasteiger partial charge in [-0.15, -0.1) is 0 Å². The monoisotopic (exact) mass is 509 g/mol. The first-order valence-electron chi connectivity index (χ1n) is 11.6. The van der Waals surface area contributed by atoms with Crippen molar-refractivity contribution >= 4 is 17.5 Å². The van der Waals surface area contributed by atoms with Crippen molar-refractivity contribution in [2.45, 2.75) is 26.2 Å². The maximum absolute atomic E-state index is 14.9. The predicted molar refractivity (Wildman–Crippen MR) is 140 cm³/mol. The number of amides is 2. The molecule has 0 saturated heterocycles. The second-order valence-electron chi connectivity index (χ2n) is 9.07. The fourth-order valence-corrected chi connectivity index (χ4v) is 3.69. The third-order valence-corrected chi connectivity index (χ3v) is 5.93. The molecule has 4 aromatic rings. The number of aryl methyl sites for hydroxylation is 1. The van der Waals surface area contributed by atoms with Gasteiger partial charge >= 0.3 is 0 Å². The van der Waals surface area contributed by atoms with E-state index in [0.29, 0.717) is 33.8 Å². The van der Waals surface area contributed by atoms with E-state index in [2.05, 4.69) is 36.6 Å². The number of nitriles is 1. The third-order valence-electron chi connectivity index (χ3n) is 5.93. The van der Waals surface area contributed by atoms with Crippen LogP contribution in [0.25, 0.3) is 22.5 Å². The first-order valence-corrected chi connectivity index (χ1v) is 11.6. The summed E-state index contributed by atoms with van der Waals surface area (Å²) >= 11 is 0. The minimum atomic E-state index is -0.891. The van der Waals surface area contributed by atoms with E-state index in [4.69, 9.17) is 0 Å². The highest BCUT2D eigenvalue weighted by atomic mass is 19.1. The van der Waals surface area contributed by atoms with Crippen LogP contribution < -0.4 is 10.6 Å². The predicted octanol–water partition coefficient (Wildman–Crippen LogP) is 4.46. The topological polar surface area (TPSA) is 134 Å². The number of hydrogen-bond acceptors (Lipinski definition) is 7. The number of halogens is 1. The van der Waals surface area contributed by atoms with Crippen LogP contribution in [0.1, 0.15) is 46.0 Å². The SMILES string of the molecule is CNC(=O)c1cc(-c2cncc(-c3cc(NC(=O)c4ccnc(C(C)(C)C#N)c4)c(F)cc3C)n2)ccn1. The average molecular weight is 510 g/mol. The molecule has 38 heavy (non-hydrogen) atoms. The van der Waals surface area contributed by atoms with Crippen molar-refractivity contribution in [1.82, 2.24) is 25.3 Å². The van der Waals surface area contributed by atoms with Crippen LogP contribution in [-0.2, 0) is 5.41 Å². The van der Waals surface area contributed by atoms with E-state index in [1.54, 1.807) is 39.1 Å². The Hall–Kier alpha value is -5.04. The van der Waals surface area contributed by atoms with Gasteiger partial charge in [0.05, 0.1) is 46.6 Å². The zero-order valence-corrected chi connectivity index (χ0v) is 21.2. The number of pyridine rings is 2. The number of hydrogen-bond donors (Lipinski definition) is 2. The van der Waals surface area contributed by atoms with Crippen LogP contribution in [0.2, 0.25) is 0 Å². The van der Waals surface area contributed by atoms with Crippen molar-refractivity contribution in [1.29, 1.82) is 5.26 Å². The number of carbonyl (C=O) groups excluding carboxylic acids is 2. The molecule has 4 rings (SSSR count). The van der Waals surface area contributed by atoms with Crippen molar-refractivity contribution in [3.63, 3.8) is 0 Å². The zero-order chi connectivity index (χ0) is 27.4. The zero-order valence-electron chi connectivity index (χ0n) is 21.2. The van der Waals surface area contributed by atoms with Crippen LogP contribution >= 0.6 is 0 Å². The van der Waals surface area contributed by atoms with Gasteiger partial charge in [0.2, 0.25) is 0 Å². The summed E-state index contributed by atoms with van der Waals surface area (Å²) in [5.74, 6) is -1.49. The second kappa shape index (κ2) is 10.5. The van der Waals surface area contributed by atoms with Crippen molar-refractivity contribution in [2.24, 2.45) is 0 Å². The molecule has 3 aromatic heterocycles. The summed E-state index contributed by atoms with van der Waals surface area (Å²) in [4.78, 5) is 42.1. The van der Waals surface area contributed by atoms with E-state index in [-0.39, 0.29) is 22.9 Å². The molecule has 9 nitrogen and oxygen atoms in total. The summed E-state index contributed by atoms with van der Waals surface area (Å²) in [6.45, 7) is 5.13. The Morgan fingerprint density at radius 3 is 2.47 bits per heavy atom. The Bertz CT molecular complexity index is 1590. The van der Waals surface area contributed by atoms with Gasteiger partial charge in [-0.3, -0.25) is 24.5 Å². The van der Waals surface area contributed by atoms with Gasteiger partial charge in [-0.1, -0.05) is 0 Å². The molecule has 3 heterocycles. The van der Waals surface area contributed by atoms with Gasteiger partial charge in [0, 0.05) is 36.1 Å². The first kappa shape index (κ1) is 26.0. The molecule has 0 radical (unpaired) electrons. The fourth-order valence-electron chi connectivity index (χ4n) is 3.69. The van der Waals surface area contributed by atoms with Gasteiger partial charge in [-0.25, -0.2) is 9.37 Å². The van der Waals surface area contributed by atoms with E-state index in [0.717, 1.165) is 0 Å². The Balaban J connectivity index is 1.67. The second-order valence-corrected chi connectivity index (χ2v) is 9.07. The van der Waals surface area contributed by atoms with E-state index < -0.39 is 17.1 Å². The Morgan fingerprint density at radius 2 is 1.74 bits per heavy atom. The lowest BCUT2D eigenvalue weighted by atomic mass is 9.90. The lowest BCUT2D eigenvalue weighted by molar-refractivity contribution is 0.0957. The van der Waals surface area contributed by atoms with Crippen molar-refractivity contribution in [3.05, 3.63) is 89.5 Å². The molecule has 2 amide bonds. The molecular weight excluding hydrogens is 485 g/mol. The number of nitrogens with one attached hydrogen (secondary N) is 2. The van der Waals surface area contributed by atoms with Gasteiger partial charge in [0.25, 0.3) is 11.8 Å². The lowest BCUT2D eigenvalue weighted by Crippen LogP contribution is -2.19. The summed E-state index contributed by atoms with van der Waals surface area (Å²) in [5, 5.41) is 14.5. The standard InChI is InChI=1S/C28H24FN7O2/c1-16-9-20(29)21(36-26(37)18-6-8-34-25(11-18)28(2,3)15-30)12-19(16)24-14-32-13-23(35-24)17-5-7-33-22(10-17)27(38)31-4/h5-14H,1-4H3,(H,31,38)(H,36,37). The summed E-state index contributed by atoms with van der Waals surface area (Å²) in [6, 6.07) is 11.3. The highest BCUT2D eigenvalue weighted by Gasteiger charge is 2.23. The summed E-state index contributed by atoms with van der Waals surface area (Å²) in [5.41, 5.74) is 2.72. The molecule has 0 saturated carbocycles. The Morgan fingerprint density at radius 1 is 1.00 bits per heavy atom. The molecule has 0 fully saturated rings. The lowest BCUT2D eigenvalue weighted by Gasteiger charge is -2.16. The minimum Gasteiger partial charge on any atom is -0.354 e. The molecule has 0 atom stereocenters. The molecule has 10 heteroatoms. The normalized spacial score (nSPS) is 10.9. The van der Waals surface area contributed by atoms with Gasteiger partial charge < -0.3 is 10.6 Å². The minimum absolute atomic E-state index is 0.0356. The number of carbonyl (C=O) groups is 2. The third kappa shape index (κ3) is 5.37. The van der Waals surface area contributed by atoms with E-state index in [1.807, 2.05) is 0 Å². The maximum Gasteiger partial charge on any atom is 0.269 e. The van der Waals surface area contributed by atoms with E-state index >= 15 is 0 Å². The average Bonchev–Trinajstić information content (AvgIpc) is 2.94. The van der Waals surface area contributed by atoms with Crippen molar-refractivity contribution in [2.75, 3.05) is 12.4 Å². The summed E-state index contributed by atoms with van der Waals surface area (Å²) in [6.07, 6.45) is 6.04. The molecule has 0 unspecified atom stereocenters. The van der Waals surface area contributed by atoms with Gasteiger partial charge in [-0.2, -0.15) is 5.26 Å². The van der Waals surface area contributed by atoms with Crippen LogP contribution in [-0.4, -0.2) is 38.8 Å². The van der Waals surface area contributed by atoms with E-state index in [9.17, 15) is 19.2 Å². The van der Waals surface area contributed by atoms with Crippen LogP contribution in [0.5, 0.6) is 0 Å². The number of rotatable bonds is 6. The van der Waals surface area contributed by atoms with Crippen LogP contribution in [0.15, 0.2) is 61.2 Å². The molecule has 0 aliphatic carbocycles. The maximum atomic E-state index is 14.9. The number of aromatic nitrogens is 4. The molecule has 0 aliphatic rings. The van der Waals surface area contributed by atoms with Gasteiger partial charge in [-0.05, 0) is 62.7 Å². The molecule has 190 valence electrons. The quantitative estimate of drug-likeness (QED) is 0.392. The van der Waals surface area contributed by atoms with Crippen molar-refractivity contribution in [3.8, 4) is 28.6 Å². The van der Waals surface area contributed by atoms with Crippen LogP contribution in [0, 0.1) is 24.1 Å². The fraction of sp³-hybridized carbons (Fsp3) is 0.179. The molecule has 0 aliphatic heterocycles. The van der Waals surface area contributed by atoms with Crippen LogP contribution in [0.4, 0.5) is 10.1 Å². The largest absolute Gasteiger partial charge is 0.354 e. The molecule has 2 N–H and O–H groups in total. The molecule has 0 spiro atoms. The number of benzene rings is 1. The van der Waals surface area contributed by atoms with Crippen molar-refractivity contribution < 1.29 is 14.0 Å². The highest BCUT2D eigenvalue weighted by Crippen LogP contribution is 2.29. The summed E-state index contributed by atoms with van der Waals surface area (Å²) < 4.78 is 14.9. The number of anilines is 1.